The molecule has 112 valence electrons. The van der Waals surface area contributed by atoms with Crippen LogP contribution in [0.25, 0.3) is 0 Å². The second kappa shape index (κ2) is 5.68. The Morgan fingerprint density at radius 3 is 2.38 bits per heavy atom. The van der Waals surface area contributed by atoms with Crippen LogP contribution in [0.4, 0.5) is 10.2 Å². The number of hydrogen-bond acceptors (Lipinski definition) is 4. The number of aromatic nitrogens is 2. The Kier molecular flexibility index (Phi) is 4.11. The van der Waals surface area contributed by atoms with Crippen molar-refractivity contribution in [3.05, 3.63) is 41.5 Å². The Labute approximate surface area is 124 Å². The number of ether oxygens (including phenoxy) is 1. The third-order valence-electron chi connectivity index (χ3n) is 3.05. The van der Waals surface area contributed by atoms with E-state index in [1.807, 2.05) is 27.7 Å². The van der Waals surface area contributed by atoms with Gasteiger partial charge in [0.15, 0.2) is 11.6 Å². The molecular formula is C16H20FN3O. The smallest absolute Gasteiger partial charge is 0.227 e. The third kappa shape index (κ3) is 3.29. The van der Waals surface area contributed by atoms with Gasteiger partial charge in [0.05, 0.1) is 5.56 Å². The molecule has 0 aliphatic rings. The quantitative estimate of drug-likeness (QED) is 0.925. The predicted molar refractivity (Wildman–Crippen MR) is 81.5 cm³/mol. The van der Waals surface area contributed by atoms with Crippen molar-refractivity contribution in [1.29, 1.82) is 0 Å². The van der Waals surface area contributed by atoms with Crippen LogP contribution in [0, 0.1) is 12.7 Å². The van der Waals surface area contributed by atoms with Gasteiger partial charge < -0.3 is 10.1 Å². The van der Waals surface area contributed by atoms with Crippen LogP contribution < -0.4 is 10.1 Å². The maximum atomic E-state index is 13.7. The van der Waals surface area contributed by atoms with Crippen molar-refractivity contribution >= 4 is 5.82 Å². The molecule has 5 heteroatoms. The molecule has 0 saturated heterocycles. The number of para-hydroxylation sites is 1. The number of halogens is 1. The van der Waals surface area contributed by atoms with Crippen LogP contribution in [0.15, 0.2) is 24.3 Å². The van der Waals surface area contributed by atoms with Gasteiger partial charge in [0, 0.05) is 12.5 Å². The summed E-state index contributed by atoms with van der Waals surface area (Å²) in [6.45, 7) is 7.90. The maximum Gasteiger partial charge on any atom is 0.227 e. The minimum atomic E-state index is -0.418. The summed E-state index contributed by atoms with van der Waals surface area (Å²) in [5.74, 6) is 1.43. The van der Waals surface area contributed by atoms with Crippen molar-refractivity contribution in [3.63, 3.8) is 0 Å². The molecule has 1 heterocycles. The second-order valence-corrected chi connectivity index (χ2v) is 5.86. The molecule has 0 radical (unpaired) electrons. The first-order chi connectivity index (χ1) is 9.82. The lowest BCUT2D eigenvalue weighted by Gasteiger charge is -2.20. The standard InChI is InChI=1S/C16H20FN3O/c1-10-13(18-5)19-15(16(2,3)4)20-14(10)21-12-9-7-6-8-11(12)17/h6-9H,1-5H3,(H,18,19,20). The van der Waals surface area contributed by atoms with Crippen molar-refractivity contribution in [1.82, 2.24) is 9.97 Å². The van der Waals surface area contributed by atoms with Crippen molar-refractivity contribution in [2.24, 2.45) is 0 Å². The number of hydrogen-bond donors (Lipinski definition) is 1. The highest BCUT2D eigenvalue weighted by molar-refractivity contribution is 5.49. The monoisotopic (exact) mass is 289 g/mol. The normalized spacial score (nSPS) is 11.3. The molecule has 1 aromatic heterocycles. The lowest BCUT2D eigenvalue weighted by molar-refractivity contribution is 0.414. The Morgan fingerprint density at radius 2 is 1.81 bits per heavy atom. The molecule has 0 atom stereocenters. The summed E-state index contributed by atoms with van der Waals surface area (Å²) >= 11 is 0. The van der Waals surface area contributed by atoms with Gasteiger partial charge in [-0.1, -0.05) is 32.9 Å². The van der Waals surface area contributed by atoms with Crippen LogP contribution in [0.1, 0.15) is 32.2 Å². The molecule has 0 amide bonds. The van der Waals surface area contributed by atoms with E-state index in [4.69, 9.17) is 4.74 Å². The summed E-state index contributed by atoms with van der Waals surface area (Å²) in [6.07, 6.45) is 0. The number of anilines is 1. The average Bonchev–Trinajstić information content (AvgIpc) is 2.42. The lowest BCUT2D eigenvalue weighted by Crippen LogP contribution is -2.18. The summed E-state index contributed by atoms with van der Waals surface area (Å²) < 4.78 is 19.4. The molecule has 0 saturated carbocycles. The molecule has 2 rings (SSSR count). The highest BCUT2D eigenvalue weighted by Crippen LogP contribution is 2.31. The van der Waals surface area contributed by atoms with E-state index in [0.29, 0.717) is 17.5 Å². The first kappa shape index (κ1) is 15.2. The SMILES string of the molecule is CNc1nc(C(C)(C)C)nc(Oc2ccccc2F)c1C. The van der Waals surface area contributed by atoms with Gasteiger partial charge in [-0.25, -0.2) is 9.37 Å². The summed E-state index contributed by atoms with van der Waals surface area (Å²) in [5.41, 5.74) is 0.515. The molecule has 0 aliphatic carbocycles. The summed E-state index contributed by atoms with van der Waals surface area (Å²) in [5, 5.41) is 3.02. The molecule has 0 bridgehead atoms. The highest BCUT2D eigenvalue weighted by atomic mass is 19.1. The number of nitrogens with zero attached hydrogens (tertiary/aromatic N) is 2. The van der Waals surface area contributed by atoms with Gasteiger partial charge in [-0.05, 0) is 19.1 Å². The number of rotatable bonds is 3. The van der Waals surface area contributed by atoms with E-state index in [9.17, 15) is 4.39 Å². The van der Waals surface area contributed by atoms with Crippen molar-refractivity contribution in [2.75, 3.05) is 12.4 Å². The van der Waals surface area contributed by atoms with Gasteiger partial charge in [-0.2, -0.15) is 4.98 Å². The zero-order chi connectivity index (χ0) is 15.6. The van der Waals surface area contributed by atoms with Crippen molar-refractivity contribution in [3.8, 4) is 11.6 Å². The molecule has 2 aromatic rings. The first-order valence-electron chi connectivity index (χ1n) is 6.82. The minimum absolute atomic E-state index is 0.154. The summed E-state index contributed by atoms with van der Waals surface area (Å²) in [4.78, 5) is 8.94. The Morgan fingerprint density at radius 1 is 1.14 bits per heavy atom. The average molecular weight is 289 g/mol. The lowest BCUT2D eigenvalue weighted by atomic mass is 9.95. The molecule has 1 N–H and O–H groups in total. The van der Waals surface area contributed by atoms with Crippen LogP contribution >= 0.6 is 0 Å². The molecule has 4 nitrogen and oxygen atoms in total. The van der Waals surface area contributed by atoms with Gasteiger partial charge in [-0.15, -0.1) is 0 Å². The van der Waals surface area contributed by atoms with Gasteiger partial charge in [0.25, 0.3) is 0 Å². The number of benzene rings is 1. The van der Waals surface area contributed by atoms with E-state index in [1.54, 1.807) is 25.2 Å². The fourth-order valence-electron chi connectivity index (χ4n) is 1.81. The van der Waals surface area contributed by atoms with Crippen molar-refractivity contribution < 1.29 is 9.13 Å². The Bertz CT molecular complexity index is 650. The third-order valence-corrected chi connectivity index (χ3v) is 3.05. The Balaban J connectivity index is 2.50. The maximum absolute atomic E-state index is 13.7. The molecule has 0 unspecified atom stereocenters. The molecule has 0 fully saturated rings. The van der Waals surface area contributed by atoms with Gasteiger partial charge in [0.1, 0.15) is 11.6 Å². The fraction of sp³-hybridized carbons (Fsp3) is 0.375. The van der Waals surface area contributed by atoms with Gasteiger partial charge in [-0.3, -0.25) is 0 Å². The van der Waals surface area contributed by atoms with Crippen LogP contribution in [0.2, 0.25) is 0 Å². The minimum Gasteiger partial charge on any atom is -0.435 e. The number of nitrogens with one attached hydrogen (secondary N) is 1. The van der Waals surface area contributed by atoms with Gasteiger partial charge in [0.2, 0.25) is 5.88 Å². The van der Waals surface area contributed by atoms with Crippen molar-refractivity contribution in [2.45, 2.75) is 33.1 Å². The highest BCUT2D eigenvalue weighted by Gasteiger charge is 2.22. The summed E-state index contributed by atoms with van der Waals surface area (Å²) in [6, 6.07) is 6.27. The van der Waals surface area contributed by atoms with E-state index >= 15 is 0 Å². The van der Waals surface area contributed by atoms with E-state index in [0.717, 1.165) is 5.56 Å². The zero-order valence-corrected chi connectivity index (χ0v) is 13.0. The van der Waals surface area contributed by atoms with Crippen LogP contribution in [0.5, 0.6) is 11.6 Å². The predicted octanol–water partition coefficient (Wildman–Crippen LogP) is 4.06. The molecule has 0 spiro atoms. The van der Waals surface area contributed by atoms with E-state index in [2.05, 4.69) is 15.3 Å². The molecular weight excluding hydrogens is 269 g/mol. The molecule has 21 heavy (non-hydrogen) atoms. The van der Waals surface area contributed by atoms with E-state index in [-0.39, 0.29) is 11.2 Å². The molecule has 1 aromatic carbocycles. The second-order valence-electron chi connectivity index (χ2n) is 5.86. The van der Waals surface area contributed by atoms with E-state index in [1.165, 1.54) is 6.07 Å². The first-order valence-corrected chi connectivity index (χ1v) is 6.82. The largest absolute Gasteiger partial charge is 0.435 e. The topological polar surface area (TPSA) is 47.0 Å². The molecule has 0 aliphatic heterocycles. The Hall–Kier alpha value is -2.17. The van der Waals surface area contributed by atoms with Crippen LogP contribution in [-0.4, -0.2) is 17.0 Å². The van der Waals surface area contributed by atoms with Gasteiger partial charge >= 0.3 is 0 Å². The van der Waals surface area contributed by atoms with Crippen LogP contribution in [-0.2, 0) is 5.41 Å². The zero-order valence-electron chi connectivity index (χ0n) is 13.0. The van der Waals surface area contributed by atoms with Crippen LogP contribution in [0.3, 0.4) is 0 Å². The summed E-state index contributed by atoms with van der Waals surface area (Å²) in [7, 11) is 1.79. The van der Waals surface area contributed by atoms with E-state index < -0.39 is 5.82 Å². The fourth-order valence-corrected chi connectivity index (χ4v) is 1.81.